The Morgan fingerprint density at radius 2 is 1.95 bits per heavy atom. The summed E-state index contributed by atoms with van der Waals surface area (Å²) in [5.74, 6) is 0.820. The highest BCUT2D eigenvalue weighted by molar-refractivity contribution is 5.48. The molecule has 3 nitrogen and oxygen atoms in total. The molecule has 2 rings (SSSR count). The standard InChI is InChI=1S/C16H29NO2/c1-14(2,19)12-6-9-15(3)7-5-8-16(4,17-11-18)13(15)10-12/h11-13,19H,5-10H2,1-4H3,(H,17,18). The third-order valence-corrected chi connectivity index (χ3v) is 6.03. The van der Waals surface area contributed by atoms with Crippen molar-refractivity contribution in [1.82, 2.24) is 5.32 Å². The molecular formula is C16H29NO2. The Bertz CT molecular complexity index is 349. The SMILES string of the molecule is CC(C)(O)C1CCC2(C)CCCC(C)(NC=O)C2C1. The van der Waals surface area contributed by atoms with Crippen molar-refractivity contribution in [2.45, 2.75) is 77.4 Å². The molecule has 0 aliphatic heterocycles. The maximum atomic E-state index is 11.0. The molecule has 1 amide bonds. The van der Waals surface area contributed by atoms with E-state index in [1.807, 2.05) is 13.8 Å². The number of nitrogens with one attached hydrogen (secondary N) is 1. The second-order valence-corrected chi connectivity index (χ2v) is 7.86. The Morgan fingerprint density at radius 3 is 2.53 bits per heavy atom. The van der Waals surface area contributed by atoms with E-state index in [4.69, 9.17) is 0 Å². The fraction of sp³-hybridized carbons (Fsp3) is 0.938. The van der Waals surface area contributed by atoms with Crippen molar-refractivity contribution in [3.63, 3.8) is 0 Å². The van der Waals surface area contributed by atoms with Gasteiger partial charge in [-0.1, -0.05) is 13.3 Å². The fourth-order valence-electron chi connectivity index (χ4n) is 4.68. The van der Waals surface area contributed by atoms with E-state index < -0.39 is 5.60 Å². The van der Waals surface area contributed by atoms with E-state index >= 15 is 0 Å². The fourth-order valence-corrected chi connectivity index (χ4v) is 4.68. The van der Waals surface area contributed by atoms with Crippen molar-refractivity contribution in [3.8, 4) is 0 Å². The molecule has 4 unspecified atom stereocenters. The van der Waals surface area contributed by atoms with E-state index in [-0.39, 0.29) is 5.54 Å². The first-order valence-corrected chi connectivity index (χ1v) is 7.65. The lowest BCUT2D eigenvalue weighted by Gasteiger charge is -2.57. The molecule has 0 bridgehead atoms. The van der Waals surface area contributed by atoms with E-state index in [9.17, 15) is 9.90 Å². The van der Waals surface area contributed by atoms with Gasteiger partial charge in [-0.2, -0.15) is 0 Å². The number of aliphatic hydroxyl groups is 1. The number of carbonyl (C=O) groups excluding carboxylic acids is 1. The van der Waals surface area contributed by atoms with Gasteiger partial charge in [0.1, 0.15) is 0 Å². The highest BCUT2D eigenvalue weighted by Gasteiger charge is 2.52. The first kappa shape index (κ1) is 14.8. The molecule has 2 aliphatic rings. The van der Waals surface area contributed by atoms with Gasteiger partial charge in [-0.25, -0.2) is 0 Å². The normalized spacial score (nSPS) is 43.4. The van der Waals surface area contributed by atoms with Gasteiger partial charge in [-0.3, -0.25) is 4.79 Å². The molecule has 19 heavy (non-hydrogen) atoms. The van der Waals surface area contributed by atoms with Crippen LogP contribution in [0.2, 0.25) is 0 Å². The minimum atomic E-state index is -0.610. The number of amides is 1. The Labute approximate surface area is 117 Å². The maximum Gasteiger partial charge on any atom is 0.207 e. The van der Waals surface area contributed by atoms with E-state index in [2.05, 4.69) is 19.2 Å². The van der Waals surface area contributed by atoms with Crippen LogP contribution in [-0.2, 0) is 4.79 Å². The molecule has 4 atom stereocenters. The smallest absolute Gasteiger partial charge is 0.207 e. The van der Waals surface area contributed by atoms with Crippen LogP contribution in [0.25, 0.3) is 0 Å². The van der Waals surface area contributed by atoms with Crippen LogP contribution in [0.15, 0.2) is 0 Å². The predicted octanol–water partition coefficient (Wildman–Crippen LogP) is 2.87. The molecule has 0 spiro atoms. The van der Waals surface area contributed by atoms with Crippen LogP contribution in [0.4, 0.5) is 0 Å². The number of hydrogen-bond acceptors (Lipinski definition) is 2. The van der Waals surface area contributed by atoms with Crippen LogP contribution in [-0.4, -0.2) is 22.7 Å². The molecule has 2 fully saturated rings. The van der Waals surface area contributed by atoms with Gasteiger partial charge in [-0.05, 0) is 70.1 Å². The van der Waals surface area contributed by atoms with Crippen LogP contribution in [0, 0.1) is 17.3 Å². The molecule has 0 heterocycles. The number of carbonyl (C=O) groups is 1. The lowest BCUT2D eigenvalue weighted by Crippen LogP contribution is -2.59. The van der Waals surface area contributed by atoms with Gasteiger partial charge in [0.15, 0.2) is 0 Å². The molecule has 2 aliphatic carbocycles. The summed E-state index contributed by atoms with van der Waals surface area (Å²) in [6, 6.07) is 0. The Balaban J connectivity index is 2.25. The highest BCUT2D eigenvalue weighted by atomic mass is 16.3. The van der Waals surface area contributed by atoms with Gasteiger partial charge in [0.25, 0.3) is 0 Å². The summed E-state index contributed by atoms with van der Waals surface area (Å²) in [6.45, 7) is 8.42. The van der Waals surface area contributed by atoms with Crippen LogP contribution in [0.1, 0.15) is 66.2 Å². The zero-order chi connectivity index (χ0) is 14.3. The summed E-state index contributed by atoms with van der Waals surface area (Å²) < 4.78 is 0. The van der Waals surface area contributed by atoms with Crippen LogP contribution < -0.4 is 5.32 Å². The van der Waals surface area contributed by atoms with Gasteiger partial charge < -0.3 is 10.4 Å². The van der Waals surface area contributed by atoms with Gasteiger partial charge in [0.05, 0.1) is 5.60 Å². The molecule has 0 radical (unpaired) electrons. The van der Waals surface area contributed by atoms with Crippen molar-refractivity contribution in [2.24, 2.45) is 17.3 Å². The van der Waals surface area contributed by atoms with Crippen molar-refractivity contribution in [1.29, 1.82) is 0 Å². The van der Waals surface area contributed by atoms with Crippen molar-refractivity contribution in [3.05, 3.63) is 0 Å². The van der Waals surface area contributed by atoms with Gasteiger partial charge in [0.2, 0.25) is 6.41 Å². The molecule has 2 saturated carbocycles. The first-order valence-electron chi connectivity index (χ1n) is 7.65. The van der Waals surface area contributed by atoms with E-state index in [1.54, 1.807) is 0 Å². The number of rotatable bonds is 3. The topological polar surface area (TPSA) is 49.3 Å². The van der Waals surface area contributed by atoms with Gasteiger partial charge in [0, 0.05) is 5.54 Å². The summed E-state index contributed by atoms with van der Waals surface area (Å²) in [6.07, 6.45) is 7.67. The molecule has 0 saturated heterocycles. The van der Waals surface area contributed by atoms with Crippen LogP contribution >= 0.6 is 0 Å². The van der Waals surface area contributed by atoms with E-state index in [1.165, 1.54) is 19.3 Å². The van der Waals surface area contributed by atoms with Crippen molar-refractivity contribution < 1.29 is 9.90 Å². The quantitative estimate of drug-likeness (QED) is 0.773. The van der Waals surface area contributed by atoms with Gasteiger partial charge >= 0.3 is 0 Å². The van der Waals surface area contributed by atoms with Crippen molar-refractivity contribution in [2.75, 3.05) is 0 Å². The largest absolute Gasteiger partial charge is 0.390 e. The summed E-state index contributed by atoms with van der Waals surface area (Å²) in [7, 11) is 0. The average Bonchev–Trinajstić information content (AvgIpc) is 2.27. The van der Waals surface area contributed by atoms with E-state index in [0.717, 1.165) is 25.7 Å². The second kappa shape index (κ2) is 4.76. The Morgan fingerprint density at radius 1 is 1.26 bits per heavy atom. The monoisotopic (exact) mass is 267 g/mol. The average molecular weight is 267 g/mol. The van der Waals surface area contributed by atoms with Crippen LogP contribution in [0.3, 0.4) is 0 Å². The number of fused-ring (bicyclic) bond motifs is 1. The third kappa shape index (κ3) is 2.67. The predicted molar refractivity (Wildman–Crippen MR) is 76.7 cm³/mol. The molecule has 3 heteroatoms. The molecular weight excluding hydrogens is 238 g/mol. The van der Waals surface area contributed by atoms with E-state index in [0.29, 0.717) is 17.3 Å². The minimum absolute atomic E-state index is 0.0985. The third-order valence-electron chi connectivity index (χ3n) is 6.03. The zero-order valence-corrected chi connectivity index (χ0v) is 12.8. The Hall–Kier alpha value is -0.570. The van der Waals surface area contributed by atoms with Crippen LogP contribution in [0.5, 0.6) is 0 Å². The second-order valence-electron chi connectivity index (χ2n) is 7.86. The number of hydrogen-bond donors (Lipinski definition) is 2. The summed E-state index contributed by atoms with van der Waals surface area (Å²) >= 11 is 0. The molecule has 2 N–H and O–H groups in total. The Kier molecular flexibility index (Phi) is 3.72. The highest BCUT2D eigenvalue weighted by Crippen LogP contribution is 2.56. The zero-order valence-electron chi connectivity index (χ0n) is 12.8. The summed E-state index contributed by atoms with van der Waals surface area (Å²) in [5, 5.41) is 13.4. The van der Waals surface area contributed by atoms with Crippen molar-refractivity contribution >= 4 is 6.41 Å². The lowest BCUT2D eigenvalue weighted by atomic mass is 9.51. The molecule has 0 aromatic rings. The first-order chi connectivity index (χ1) is 8.71. The molecule has 0 aromatic heterocycles. The van der Waals surface area contributed by atoms with Gasteiger partial charge in [-0.15, -0.1) is 0 Å². The lowest BCUT2D eigenvalue weighted by molar-refractivity contribution is -0.117. The summed E-state index contributed by atoms with van der Waals surface area (Å²) in [4.78, 5) is 11.0. The molecule has 110 valence electrons. The summed E-state index contributed by atoms with van der Waals surface area (Å²) in [5.41, 5.74) is -0.385. The molecule has 0 aromatic carbocycles. The maximum absolute atomic E-state index is 11.0. The minimum Gasteiger partial charge on any atom is -0.390 e.